The van der Waals surface area contributed by atoms with E-state index in [1.807, 2.05) is 11.3 Å². The Morgan fingerprint density at radius 1 is 1.43 bits per heavy atom. The molecule has 21 heavy (non-hydrogen) atoms. The van der Waals surface area contributed by atoms with Crippen molar-refractivity contribution in [2.45, 2.75) is 39.0 Å². The SMILES string of the molecule is CCNCC1CCCc2sc(-c3ccc(C)c(Br)c3)nc21. The van der Waals surface area contributed by atoms with Crippen LogP contribution in [0.25, 0.3) is 10.6 Å². The van der Waals surface area contributed by atoms with E-state index in [0.29, 0.717) is 5.92 Å². The fraction of sp³-hybridized carbons (Fsp3) is 0.471. The number of aromatic nitrogens is 1. The summed E-state index contributed by atoms with van der Waals surface area (Å²) in [5.74, 6) is 0.590. The molecule has 1 unspecified atom stereocenters. The Hall–Kier alpha value is -0.710. The summed E-state index contributed by atoms with van der Waals surface area (Å²) >= 11 is 5.51. The molecule has 0 radical (unpaired) electrons. The average molecular weight is 365 g/mol. The zero-order valence-corrected chi connectivity index (χ0v) is 15.0. The molecule has 0 saturated heterocycles. The summed E-state index contributed by atoms with van der Waals surface area (Å²) in [5, 5.41) is 4.65. The Morgan fingerprint density at radius 2 is 2.29 bits per heavy atom. The van der Waals surface area contributed by atoms with Crippen molar-refractivity contribution < 1.29 is 0 Å². The second-order valence-electron chi connectivity index (χ2n) is 5.69. The number of thiazole rings is 1. The number of nitrogens with zero attached hydrogens (tertiary/aromatic N) is 1. The number of fused-ring (bicyclic) bond motifs is 1. The van der Waals surface area contributed by atoms with Crippen LogP contribution in [0.3, 0.4) is 0 Å². The number of benzene rings is 1. The number of nitrogens with one attached hydrogen (secondary N) is 1. The molecule has 0 aliphatic heterocycles. The van der Waals surface area contributed by atoms with Gasteiger partial charge >= 0.3 is 0 Å². The summed E-state index contributed by atoms with van der Waals surface area (Å²) in [6, 6.07) is 6.54. The molecule has 1 atom stereocenters. The number of rotatable bonds is 4. The standard InChI is InChI=1S/C17H21BrN2S/c1-3-19-10-13-5-4-6-15-16(13)20-17(21-15)12-8-7-11(2)14(18)9-12/h7-9,13,19H,3-6,10H2,1-2H3. The first kappa shape index (κ1) is 15.2. The molecule has 0 spiro atoms. The van der Waals surface area contributed by atoms with E-state index in [4.69, 9.17) is 4.98 Å². The van der Waals surface area contributed by atoms with E-state index < -0.39 is 0 Å². The monoisotopic (exact) mass is 364 g/mol. The highest BCUT2D eigenvalue weighted by atomic mass is 79.9. The third-order valence-corrected chi connectivity index (χ3v) is 6.16. The zero-order chi connectivity index (χ0) is 14.8. The van der Waals surface area contributed by atoms with Crippen LogP contribution in [0.15, 0.2) is 22.7 Å². The molecule has 4 heteroatoms. The summed E-state index contributed by atoms with van der Waals surface area (Å²) in [6.07, 6.45) is 3.76. The van der Waals surface area contributed by atoms with Crippen molar-refractivity contribution in [2.24, 2.45) is 0 Å². The lowest BCUT2D eigenvalue weighted by Crippen LogP contribution is -2.23. The molecule has 112 valence electrons. The quantitative estimate of drug-likeness (QED) is 0.833. The van der Waals surface area contributed by atoms with Crippen molar-refractivity contribution in [3.8, 4) is 10.6 Å². The minimum Gasteiger partial charge on any atom is -0.316 e. The summed E-state index contributed by atoms with van der Waals surface area (Å²) in [4.78, 5) is 6.48. The molecule has 1 aromatic heterocycles. The molecule has 1 aliphatic carbocycles. The molecule has 0 saturated carbocycles. The van der Waals surface area contributed by atoms with Crippen LogP contribution in [-0.2, 0) is 6.42 Å². The van der Waals surface area contributed by atoms with Crippen LogP contribution in [0.4, 0.5) is 0 Å². The predicted octanol–water partition coefficient (Wildman–Crippen LogP) is 4.91. The van der Waals surface area contributed by atoms with Gasteiger partial charge in [-0.05, 0) is 44.4 Å². The van der Waals surface area contributed by atoms with Crippen molar-refractivity contribution in [2.75, 3.05) is 13.1 Å². The van der Waals surface area contributed by atoms with Crippen LogP contribution in [0.5, 0.6) is 0 Å². The molecule has 3 rings (SSSR count). The Morgan fingerprint density at radius 3 is 3.05 bits per heavy atom. The molecule has 2 nitrogen and oxygen atoms in total. The maximum absolute atomic E-state index is 4.98. The number of hydrogen-bond donors (Lipinski definition) is 1. The molecule has 2 aromatic rings. The second kappa shape index (κ2) is 6.59. The molecular formula is C17H21BrN2S. The Labute approximate surface area is 139 Å². The molecule has 0 bridgehead atoms. The van der Waals surface area contributed by atoms with Crippen molar-refractivity contribution in [3.63, 3.8) is 0 Å². The fourth-order valence-corrected chi connectivity index (χ4v) is 4.44. The van der Waals surface area contributed by atoms with Crippen molar-refractivity contribution in [3.05, 3.63) is 38.8 Å². The van der Waals surface area contributed by atoms with Crippen molar-refractivity contribution >= 4 is 27.3 Å². The smallest absolute Gasteiger partial charge is 0.123 e. The summed E-state index contributed by atoms with van der Waals surface area (Å²) in [5.41, 5.74) is 3.85. The molecule has 1 aromatic carbocycles. The van der Waals surface area contributed by atoms with Crippen molar-refractivity contribution in [1.82, 2.24) is 10.3 Å². The van der Waals surface area contributed by atoms with Crippen LogP contribution < -0.4 is 5.32 Å². The van der Waals surface area contributed by atoms with E-state index in [0.717, 1.165) is 17.6 Å². The van der Waals surface area contributed by atoms with Gasteiger partial charge in [0.15, 0.2) is 0 Å². The summed E-state index contributed by atoms with van der Waals surface area (Å²) < 4.78 is 1.16. The lowest BCUT2D eigenvalue weighted by molar-refractivity contribution is 0.509. The van der Waals surface area contributed by atoms with Gasteiger partial charge in [0.1, 0.15) is 5.01 Å². The number of aryl methyl sites for hydroxylation is 2. The first-order valence-electron chi connectivity index (χ1n) is 7.66. The maximum atomic E-state index is 4.98. The van der Waals surface area contributed by atoms with Gasteiger partial charge in [-0.15, -0.1) is 11.3 Å². The number of likely N-dealkylation sites (N-methyl/N-ethyl adjacent to an activating group) is 1. The molecule has 1 aliphatic rings. The Bertz CT molecular complexity index is 636. The van der Waals surface area contributed by atoms with Gasteiger partial charge in [0.25, 0.3) is 0 Å². The Balaban J connectivity index is 1.91. The van der Waals surface area contributed by atoms with E-state index in [9.17, 15) is 0 Å². The first-order chi connectivity index (χ1) is 10.2. The number of halogens is 1. The Kier molecular flexibility index (Phi) is 4.77. The molecule has 0 amide bonds. The maximum Gasteiger partial charge on any atom is 0.123 e. The van der Waals surface area contributed by atoms with Gasteiger partial charge in [-0.2, -0.15) is 0 Å². The largest absolute Gasteiger partial charge is 0.316 e. The number of hydrogen-bond acceptors (Lipinski definition) is 3. The van der Waals surface area contributed by atoms with E-state index in [1.165, 1.54) is 46.0 Å². The van der Waals surface area contributed by atoms with Gasteiger partial charge in [0, 0.05) is 27.4 Å². The topological polar surface area (TPSA) is 24.9 Å². The average Bonchev–Trinajstić information content (AvgIpc) is 2.92. The highest BCUT2D eigenvalue weighted by Gasteiger charge is 2.24. The lowest BCUT2D eigenvalue weighted by atomic mass is 9.91. The highest BCUT2D eigenvalue weighted by molar-refractivity contribution is 9.10. The van der Waals surface area contributed by atoms with E-state index in [1.54, 1.807) is 0 Å². The summed E-state index contributed by atoms with van der Waals surface area (Å²) in [7, 11) is 0. The third kappa shape index (κ3) is 3.22. The first-order valence-corrected chi connectivity index (χ1v) is 9.26. The van der Waals surface area contributed by atoms with Gasteiger partial charge in [0.2, 0.25) is 0 Å². The van der Waals surface area contributed by atoms with Crippen LogP contribution >= 0.6 is 27.3 Å². The van der Waals surface area contributed by atoms with E-state index in [-0.39, 0.29) is 0 Å². The van der Waals surface area contributed by atoms with Crippen LogP contribution in [-0.4, -0.2) is 18.1 Å². The van der Waals surface area contributed by atoms with E-state index >= 15 is 0 Å². The molecule has 0 fully saturated rings. The van der Waals surface area contributed by atoms with Crippen LogP contribution in [0.1, 0.15) is 41.8 Å². The van der Waals surface area contributed by atoms with E-state index in [2.05, 4.69) is 53.3 Å². The van der Waals surface area contributed by atoms with Gasteiger partial charge in [-0.25, -0.2) is 4.98 Å². The second-order valence-corrected chi connectivity index (χ2v) is 7.63. The molecular weight excluding hydrogens is 344 g/mol. The third-order valence-electron chi connectivity index (χ3n) is 4.13. The van der Waals surface area contributed by atoms with Crippen LogP contribution in [0, 0.1) is 6.92 Å². The zero-order valence-electron chi connectivity index (χ0n) is 12.6. The summed E-state index contributed by atoms with van der Waals surface area (Å²) in [6.45, 7) is 6.38. The minimum absolute atomic E-state index is 0.590. The van der Waals surface area contributed by atoms with Crippen LogP contribution in [0.2, 0.25) is 0 Å². The molecule has 1 heterocycles. The van der Waals surface area contributed by atoms with Gasteiger partial charge in [0.05, 0.1) is 5.69 Å². The highest BCUT2D eigenvalue weighted by Crippen LogP contribution is 2.38. The van der Waals surface area contributed by atoms with Gasteiger partial charge in [-0.1, -0.05) is 35.0 Å². The van der Waals surface area contributed by atoms with Gasteiger partial charge in [-0.3, -0.25) is 0 Å². The fourth-order valence-electron chi connectivity index (χ4n) is 2.87. The molecule has 1 N–H and O–H groups in total. The minimum atomic E-state index is 0.590. The lowest BCUT2D eigenvalue weighted by Gasteiger charge is -2.21. The normalized spacial score (nSPS) is 17.8. The van der Waals surface area contributed by atoms with Gasteiger partial charge < -0.3 is 5.32 Å². The van der Waals surface area contributed by atoms with Crippen molar-refractivity contribution in [1.29, 1.82) is 0 Å². The predicted molar refractivity (Wildman–Crippen MR) is 94.2 cm³/mol.